The number of nitriles is 1. The highest BCUT2D eigenvalue weighted by atomic mass is 16.6. The Bertz CT molecular complexity index is 840. The molecule has 0 aliphatic rings. The van der Waals surface area contributed by atoms with Gasteiger partial charge >= 0.3 is 0 Å². The molecule has 2 aromatic rings. The van der Waals surface area contributed by atoms with Crippen LogP contribution in [-0.4, -0.2) is 26.8 Å². The number of hydrogen-bond acceptors (Lipinski definition) is 6. The second-order valence-electron chi connectivity index (χ2n) is 5.72. The monoisotopic (exact) mass is 339 g/mol. The molecule has 2 rings (SSSR count). The Morgan fingerprint density at radius 2 is 2.04 bits per heavy atom. The normalized spacial score (nSPS) is 10.3. The lowest BCUT2D eigenvalue weighted by Gasteiger charge is -2.27. The maximum absolute atomic E-state index is 12.8. The summed E-state index contributed by atoms with van der Waals surface area (Å²) in [6.07, 6.45) is 1.02. The zero-order valence-electron chi connectivity index (χ0n) is 13.8. The van der Waals surface area contributed by atoms with Crippen LogP contribution in [0.5, 0.6) is 0 Å². The van der Waals surface area contributed by atoms with Gasteiger partial charge in [0.2, 0.25) is 0 Å². The van der Waals surface area contributed by atoms with Crippen LogP contribution in [0.25, 0.3) is 0 Å². The molecular weight excluding hydrogens is 322 g/mol. The summed E-state index contributed by atoms with van der Waals surface area (Å²) in [5.74, 6) is -0.492. The molecule has 1 heterocycles. The average molecular weight is 339 g/mol. The van der Waals surface area contributed by atoms with E-state index in [4.69, 9.17) is 11.0 Å². The SMILES string of the molecule is CC(C)N(Cc1ccc(C#N)cc1)C(=O)c1cc([N+](=O)[O-])cnc1N. The molecular formula is C17H17N5O3. The standard InChI is InChI=1S/C17H17N5O3/c1-11(2)21(10-13-5-3-12(8-18)4-6-13)17(23)15-7-14(22(24)25)9-20-16(15)19/h3-7,9,11H,10H2,1-2H3,(H2,19,20). The van der Waals surface area contributed by atoms with E-state index in [1.54, 1.807) is 29.2 Å². The molecule has 0 aliphatic carbocycles. The van der Waals surface area contributed by atoms with Gasteiger partial charge in [-0.05, 0) is 31.5 Å². The van der Waals surface area contributed by atoms with Crippen LogP contribution in [0.4, 0.5) is 11.5 Å². The van der Waals surface area contributed by atoms with Crippen molar-refractivity contribution in [2.45, 2.75) is 26.4 Å². The highest BCUT2D eigenvalue weighted by Gasteiger charge is 2.24. The third-order valence-electron chi connectivity index (χ3n) is 3.67. The van der Waals surface area contributed by atoms with Crippen LogP contribution in [0.15, 0.2) is 36.5 Å². The largest absolute Gasteiger partial charge is 0.383 e. The minimum Gasteiger partial charge on any atom is -0.383 e. The van der Waals surface area contributed by atoms with Crippen molar-refractivity contribution >= 4 is 17.4 Å². The van der Waals surface area contributed by atoms with Crippen molar-refractivity contribution in [3.05, 3.63) is 63.3 Å². The van der Waals surface area contributed by atoms with Crippen molar-refractivity contribution in [2.75, 3.05) is 5.73 Å². The Labute approximate surface area is 144 Å². The highest BCUT2D eigenvalue weighted by molar-refractivity contribution is 5.99. The number of carbonyl (C=O) groups excluding carboxylic acids is 1. The Kier molecular flexibility index (Phi) is 5.29. The lowest BCUT2D eigenvalue weighted by molar-refractivity contribution is -0.385. The molecule has 0 spiro atoms. The summed E-state index contributed by atoms with van der Waals surface area (Å²) in [6, 6.07) is 9.86. The zero-order valence-corrected chi connectivity index (χ0v) is 13.8. The summed E-state index contributed by atoms with van der Waals surface area (Å²) in [5.41, 5.74) is 6.80. The third-order valence-corrected chi connectivity index (χ3v) is 3.67. The fourth-order valence-corrected chi connectivity index (χ4v) is 2.26. The van der Waals surface area contributed by atoms with Crippen LogP contribution in [-0.2, 0) is 6.54 Å². The van der Waals surface area contributed by atoms with E-state index in [0.29, 0.717) is 5.56 Å². The maximum Gasteiger partial charge on any atom is 0.288 e. The number of nitrogens with zero attached hydrogens (tertiary/aromatic N) is 4. The molecule has 1 aromatic heterocycles. The molecule has 128 valence electrons. The van der Waals surface area contributed by atoms with Gasteiger partial charge < -0.3 is 10.6 Å². The first-order chi connectivity index (χ1) is 11.8. The number of rotatable bonds is 5. The van der Waals surface area contributed by atoms with Crippen LogP contribution in [0, 0.1) is 21.4 Å². The van der Waals surface area contributed by atoms with E-state index >= 15 is 0 Å². The number of amides is 1. The van der Waals surface area contributed by atoms with Gasteiger partial charge in [0.05, 0.1) is 22.1 Å². The number of carbonyl (C=O) groups is 1. The van der Waals surface area contributed by atoms with Gasteiger partial charge in [-0.2, -0.15) is 5.26 Å². The van der Waals surface area contributed by atoms with Gasteiger partial charge in [-0.15, -0.1) is 0 Å². The Balaban J connectivity index is 2.33. The molecule has 8 nitrogen and oxygen atoms in total. The number of benzene rings is 1. The topological polar surface area (TPSA) is 126 Å². The molecule has 2 N–H and O–H groups in total. The van der Waals surface area contributed by atoms with E-state index in [9.17, 15) is 14.9 Å². The van der Waals surface area contributed by atoms with Gasteiger partial charge in [0.15, 0.2) is 0 Å². The average Bonchev–Trinajstić information content (AvgIpc) is 2.59. The first-order valence-corrected chi connectivity index (χ1v) is 7.53. The van der Waals surface area contributed by atoms with Gasteiger partial charge in [0.25, 0.3) is 11.6 Å². The van der Waals surface area contributed by atoms with Gasteiger partial charge in [-0.3, -0.25) is 14.9 Å². The van der Waals surface area contributed by atoms with E-state index in [0.717, 1.165) is 17.8 Å². The smallest absolute Gasteiger partial charge is 0.288 e. The van der Waals surface area contributed by atoms with Crippen molar-refractivity contribution in [3.63, 3.8) is 0 Å². The molecule has 0 saturated carbocycles. The zero-order chi connectivity index (χ0) is 18.6. The van der Waals surface area contributed by atoms with E-state index in [-0.39, 0.29) is 29.7 Å². The van der Waals surface area contributed by atoms with Crippen LogP contribution in [0.2, 0.25) is 0 Å². The number of nitro groups is 1. The van der Waals surface area contributed by atoms with Gasteiger partial charge in [-0.1, -0.05) is 12.1 Å². The number of hydrogen-bond donors (Lipinski definition) is 1. The van der Waals surface area contributed by atoms with E-state index in [1.165, 1.54) is 0 Å². The summed E-state index contributed by atoms with van der Waals surface area (Å²) in [5, 5.41) is 19.8. The Morgan fingerprint density at radius 3 is 2.56 bits per heavy atom. The van der Waals surface area contributed by atoms with E-state index < -0.39 is 10.8 Å². The van der Waals surface area contributed by atoms with Gasteiger partial charge in [0, 0.05) is 18.7 Å². The summed E-state index contributed by atoms with van der Waals surface area (Å²) < 4.78 is 0. The minimum absolute atomic E-state index is 0.00320. The predicted molar refractivity (Wildman–Crippen MR) is 91.5 cm³/mol. The van der Waals surface area contributed by atoms with Gasteiger partial charge in [0.1, 0.15) is 12.0 Å². The van der Waals surface area contributed by atoms with Crippen molar-refractivity contribution in [1.29, 1.82) is 5.26 Å². The third kappa shape index (κ3) is 4.09. The second kappa shape index (κ2) is 7.40. The molecule has 0 aliphatic heterocycles. The van der Waals surface area contributed by atoms with Crippen molar-refractivity contribution in [1.82, 2.24) is 9.88 Å². The fourth-order valence-electron chi connectivity index (χ4n) is 2.26. The van der Waals surface area contributed by atoms with E-state index in [2.05, 4.69) is 4.98 Å². The van der Waals surface area contributed by atoms with Crippen molar-refractivity contribution in [3.8, 4) is 6.07 Å². The molecule has 0 radical (unpaired) electrons. The summed E-state index contributed by atoms with van der Waals surface area (Å²) >= 11 is 0. The number of aromatic nitrogens is 1. The Morgan fingerprint density at radius 1 is 1.40 bits per heavy atom. The van der Waals surface area contributed by atoms with Crippen LogP contribution >= 0.6 is 0 Å². The first-order valence-electron chi connectivity index (χ1n) is 7.53. The molecule has 0 saturated heterocycles. The van der Waals surface area contributed by atoms with Crippen molar-refractivity contribution in [2.24, 2.45) is 0 Å². The number of pyridine rings is 1. The molecule has 0 unspecified atom stereocenters. The van der Waals surface area contributed by atoms with Crippen LogP contribution < -0.4 is 5.73 Å². The summed E-state index contributed by atoms with van der Waals surface area (Å²) in [6.45, 7) is 3.95. The van der Waals surface area contributed by atoms with Crippen LogP contribution in [0.3, 0.4) is 0 Å². The molecule has 0 atom stereocenters. The number of anilines is 1. The lowest BCUT2D eigenvalue weighted by Crippen LogP contribution is -2.37. The first kappa shape index (κ1) is 17.9. The lowest BCUT2D eigenvalue weighted by atomic mass is 10.1. The van der Waals surface area contributed by atoms with Crippen molar-refractivity contribution < 1.29 is 9.72 Å². The van der Waals surface area contributed by atoms with Gasteiger partial charge in [-0.25, -0.2) is 4.98 Å². The molecule has 25 heavy (non-hydrogen) atoms. The predicted octanol–water partition coefficient (Wildman–Crippen LogP) is 2.49. The fraction of sp³-hybridized carbons (Fsp3) is 0.235. The maximum atomic E-state index is 12.8. The van der Waals surface area contributed by atoms with Crippen LogP contribution in [0.1, 0.15) is 35.3 Å². The van der Waals surface area contributed by atoms with E-state index in [1.807, 2.05) is 19.9 Å². The molecule has 0 fully saturated rings. The number of nitrogen functional groups attached to an aromatic ring is 1. The summed E-state index contributed by atoms with van der Waals surface area (Å²) in [7, 11) is 0. The molecule has 8 heteroatoms. The quantitative estimate of drug-likeness (QED) is 0.658. The highest BCUT2D eigenvalue weighted by Crippen LogP contribution is 2.21. The summed E-state index contributed by atoms with van der Waals surface area (Å²) in [4.78, 5) is 28.4. The molecule has 0 bridgehead atoms. The molecule has 1 amide bonds. The minimum atomic E-state index is -0.621. The second-order valence-corrected chi connectivity index (χ2v) is 5.72. The number of nitrogens with two attached hydrogens (primary N) is 1. The Hall–Kier alpha value is -3.47. The molecule has 1 aromatic carbocycles.